The number of nitrogens with zero attached hydrogens (tertiary/aromatic N) is 2. The van der Waals surface area contributed by atoms with Crippen molar-refractivity contribution in [2.45, 2.75) is 0 Å². The molecule has 2 heterocycles. The fourth-order valence-corrected chi connectivity index (χ4v) is 1.05. The molecule has 4 nitrogen and oxygen atoms in total. The van der Waals surface area contributed by atoms with E-state index in [4.69, 9.17) is 9.31 Å². The Morgan fingerprint density at radius 1 is 0.824 bits per heavy atom. The van der Waals surface area contributed by atoms with Crippen LogP contribution in [0.25, 0.3) is 0 Å². The minimum absolute atomic E-state index is 0.175. The van der Waals surface area contributed by atoms with Crippen molar-refractivity contribution in [2.24, 2.45) is 0 Å². The molecule has 7 heteroatoms. The third kappa shape index (κ3) is 3.41. The second kappa shape index (κ2) is 5.24. The maximum Gasteiger partial charge on any atom is 0.658 e. The second-order valence-corrected chi connectivity index (χ2v) is 3.01. The highest BCUT2D eigenvalue weighted by molar-refractivity contribution is 6.20. The summed E-state index contributed by atoms with van der Waals surface area (Å²) in [6, 6.07) is 2.27. The molecule has 0 bridgehead atoms. The van der Waals surface area contributed by atoms with Gasteiger partial charge in [-0.1, -0.05) is 0 Å². The van der Waals surface area contributed by atoms with Crippen LogP contribution in [0.2, 0.25) is 0 Å². The van der Waals surface area contributed by atoms with Crippen molar-refractivity contribution >= 4 is 7.69 Å². The average molecular weight is 235 g/mol. The zero-order valence-corrected chi connectivity index (χ0v) is 8.51. The van der Waals surface area contributed by atoms with Gasteiger partial charge < -0.3 is 9.31 Å². The maximum atomic E-state index is 12.7. The molecule has 17 heavy (non-hydrogen) atoms. The van der Waals surface area contributed by atoms with Gasteiger partial charge in [-0.25, -0.2) is 8.78 Å². The van der Waals surface area contributed by atoms with Crippen LogP contribution < -0.4 is 9.31 Å². The Kier molecular flexibility index (Phi) is 3.49. The molecule has 0 unspecified atom stereocenters. The normalized spacial score (nSPS) is 9.76. The molecule has 0 aliphatic carbocycles. The van der Waals surface area contributed by atoms with Crippen molar-refractivity contribution in [3.8, 4) is 11.5 Å². The fourth-order valence-electron chi connectivity index (χ4n) is 1.05. The Labute approximate surface area is 96.5 Å². The standard InChI is InChI=1S/C10H6BF2N2O2/c12-7-1-9(5-14-3-7)16-11-17-10-2-8(13)4-15-6-10/h1-6H. The molecule has 0 atom stereocenters. The summed E-state index contributed by atoms with van der Waals surface area (Å²) in [6.45, 7) is 0. The minimum atomic E-state index is -0.525. The van der Waals surface area contributed by atoms with E-state index in [1.54, 1.807) is 0 Å². The van der Waals surface area contributed by atoms with Crippen molar-refractivity contribution in [2.75, 3.05) is 0 Å². The molecule has 85 valence electrons. The lowest BCUT2D eigenvalue weighted by atomic mass is 10.3. The predicted molar refractivity (Wildman–Crippen MR) is 55.4 cm³/mol. The van der Waals surface area contributed by atoms with Crippen LogP contribution in [0, 0.1) is 11.6 Å². The lowest BCUT2D eigenvalue weighted by Crippen LogP contribution is -2.11. The SMILES string of the molecule is Fc1cncc(O[B]Oc2cncc(F)c2)c1. The summed E-state index contributed by atoms with van der Waals surface area (Å²) in [7, 11) is 0.937. The van der Waals surface area contributed by atoms with E-state index in [1.165, 1.54) is 12.4 Å². The summed E-state index contributed by atoms with van der Waals surface area (Å²) in [5, 5.41) is 0. The van der Waals surface area contributed by atoms with Crippen LogP contribution in [0.4, 0.5) is 8.78 Å². The lowest BCUT2D eigenvalue weighted by Gasteiger charge is -2.05. The molecule has 2 aromatic heterocycles. The van der Waals surface area contributed by atoms with Gasteiger partial charge >= 0.3 is 7.69 Å². The van der Waals surface area contributed by atoms with E-state index in [9.17, 15) is 8.78 Å². The highest BCUT2D eigenvalue weighted by Gasteiger charge is 2.04. The molecule has 2 rings (SSSR count). The minimum Gasteiger partial charge on any atom is -0.525 e. The number of rotatable bonds is 4. The fraction of sp³-hybridized carbons (Fsp3) is 0. The van der Waals surface area contributed by atoms with E-state index in [2.05, 4.69) is 9.97 Å². The smallest absolute Gasteiger partial charge is 0.525 e. The Hall–Kier alpha value is -2.18. The highest BCUT2D eigenvalue weighted by atomic mass is 19.1. The van der Waals surface area contributed by atoms with Gasteiger partial charge in [-0.15, -0.1) is 0 Å². The summed E-state index contributed by atoms with van der Waals surface area (Å²) in [4.78, 5) is 7.15. The van der Waals surface area contributed by atoms with Gasteiger partial charge in [0.25, 0.3) is 0 Å². The van der Waals surface area contributed by atoms with Crippen LogP contribution >= 0.6 is 0 Å². The third-order valence-corrected chi connectivity index (χ3v) is 1.73. The molecule has 0 aromatic carbocycles. The molecule has 0 N–H and O–H groups in total. The molecule has 0 aliphatic heterocycles. The van der Waals surface area contributed by atoms with E-state index in [0.29, 0.717) is 0 Å². The third-order valence-electron chi connectivity index (χ3n) is 1.73. The number of aromatic nitrogens is 2. The van der Waals surface area contributed by atoms with Gasteiger partial charge in [-0.3, -0.25) is 9.97 Å². The van der Waals surface area contributed by atoms with Crippen LogP contribution in [0.5, 0.6) is 11.5 Å². The molecule has 0 spiro atoms. The van der Waals surface area contributed by atoms with Crippen LogP contribution in [0.15, 0.2) is 36.9 Å². The zero-order valence-electron chi connectivity index (χ0n) is 8.51. The van der Waals surface area contributed by atoms with Gasteiger partial charge in [0, 0.05) is 12.1 Å². The van der Waals surface area contributed by atoms with Crippen LogP contribution in [-0.4, -0.2) is 17.7 Å². The first-order valence-corrected chi connectivity index (χ1v) is 4.60. The molecule has 0 fully saturated rings. The Morgan fingerprint density at radius 3 is 1.71 bits per heavy atom. The van der Waals surface area contributed by atoms with Gasteiger partial charge in [-0.05, 0) is 0 Å². The predicted octanol–water partition coefficient (Wildman–Crippen LogP) is 1.75. The summed E-state index contributed by atoms with van der Waals surface area (Å²) in [6.07, 6.45) is 4.72. The monoisotopic (exact) mass is 235 g/mol. The Balaban J connectivity index is 1.87. The highest BCUT2D eigenvalue weighted by Crippen LogP contribution is 2.11. The van der Waals surface area contributed by atoms with Gasteiger partial charge in [0.2, 0.25) is 0 Å². The molecule has 2 aromatic rings. The van der Waals surface area contributed by atoms with Gasteiger partial charge in [0.1, 0.15) is 23.1 Å². The van der Waals surface area contributed by atoms with Gasteiger partial charge in [0.15, 0.2) is 0 Å². The van der Waals surface area contributed by atoms with Gasteiger partial charge in [0.05, 0.1) is 24.8 Å². The van der Waals surface area contributed by atoms with Crippen LogP contribution in [0.1, 0.15) is 0 Å². The van der Waals surface area contributed by atoms with E-state index < -0.39 is 11.6 Å². The van der Waals surface area contributed by atoms with E-state index in [0.717, 1.165) is 32.2 Å². The zero-order chi connectivity index (χ0) is 12.1. The first-order chi connectivity index (χ1) is 8.24. The Bertz CT molecular complexity index is 468. The molecule has 0 saturated carbocycles. The first kappa shape index (κ1) is 11.3. The van der Waals surface area contributed by atoms with Crippen LogP contribution in [0.3, 0.4) is 0 Å². The second-order valence-electron chi connectivity index (χ2n) is 3.01. The van der Waals surface area contributed by atoms with E-state index >= 15 is 0 Å². The molecule has 0 amide bonds. The average Bonchev–Trinajstić information content (AvgIpc) is 2.29. The van der Waals surface area contributed by atoms with E-state index in [-0.39, 0.29) is 11.5 Å². The maximum absolute atomic E-state index is 12.7. The molecule has 1 radical (unpaired) electrons. The quantitative estimate of drug-likeness (QED) is 0.757. The van der Waals surface area contributed by atoms with Crippen molar-refractivity contribution in [3.63, 3.8) is 0 Å². The van der Waals surface area contributed by atoms with Crippen molar-refractivity contribution < 1.29 is 18.1 Å². The number of pyridine rings is 2. The number of hydrogen-bond acceptors (Lipinski definition) is 4. The molecule has 0 aliphatic rings. The summed E-state index contributed by atoms with van der Waals surface area (Å²) in [5.41, 5.74) is 0. The van der Waals surface area contributed by atoms with Crippen molar-refractivity contribution in [1.29, 1.82) is 0 Å². The molecule has 0 saturated heterocycles. The number of hydrogen-bond donors (Lipinski definition) is 0. The first-order valence-electron chi connectivity index (χ1n) is 4.60. The number of halogens is 2. The topological polar surface area (TPSA) is 44.2 Å². The largest absolute Gasteiger partial charge is 0.658 e. The van der Waals surface area contributed by atoms with Crippen LogP contribution in [-0.2, 0) is 0 Å². The summed E-state index contributed by atoms with van der Waals surface area (Å²) < 4.78 is 35.3. The summed E-state index contributed by atoms with van der Waals surface area (Å²) in [5.74, 6) is -0.699. The Morgan fingerprint density at radius 2 is 1.29 bits per heavy atom. The van der Waals surface area contributed by atoms with Crippen molar-refractivity contribution in [3.05, 3.63) is 48.6 Å². The lowest BCUT2D eigenvalue weighted by molar-refractivity contribution is 0.450. The summed E-state index contributed by atoms with van der Waals surface area (Å²) >= 11 is 0. The van der Waals surface area contributed by atoms with Crippen molar-refractivity contribution in [1.82, 2.24) is 9.97 Å². The molecular weight excluding hydrogens is 229 g/mol. The molecular formula is C10H6BF2N2O2. The van der Waals surface area contributed by atoms with E-state index in [1.807, 2.05) is 0 Å². The van der Waals surface area contributed by atoms with Gasteiger partial charge in [-0.2, -0.15) is 0 Å².